The van der Waals surface area contributed by atoms with Crippen LogP contribution in [-0.2, 0) is 11.2 Å². The lowest BCUT2D eigenvalue weighted by Crippen LogP contribution is -2.14. The Morgan fingerprint density at radius 1 is 1.22 bits per heavy atom. The van der Waals surface area contributed by atoms with Gasteiger partial charge < -0.3 is 5.32 Å². The third-order valence-electron chi connectivity index (χ3n) is 2.37. The van der Waals surface area contributed by atoms with Crippen LogP contribution in [0.25, 0.3) is 0 Å². The molecule has 4 nitrogen and oxygen atoms in total. The number of amides is 1. The van der Waals surface area contributed by atoms with E-state index >= 15 is 0 Å². The average Bonchev–Trinajstić information content (AvgIpc) is 2.40. The molecule has 0 radical (unpaired) electrons. The van der Waals surface area contributed by atoms with Gasteiger partial charge >= 0.3 is 0 Å². The first-order valence-electron chi connectivity index (χ1n) is 5.48. The number of rotatable bonds is 3. The number of nitrogens with zero attached hydrogens (tertiary/aromatic N) is 2. The molecule has 0 unspecified atom stereocenters. The van der Waals surface area contributed by atoms with Gasteiger partial charge in [0, 0.05) is 17.6 Å². The van der Waals surface area contributed by atoms with Crippen molar-refractivity contribution in [3.63, 3.8) is 0 Å². The van der Waals surface area contributed by atoms with Crippen LogP contribution in [0.3, 0.4) is 0 Å². The van der Waals surface area contributed by atoms with Crippen LogP contribution in [0.2, 0.25) is 0 Å². The van der Waals surface area contributed by atoms with Gasteiger partial charge in [-0.05, 0) is 36.4 Å². The number of carbonyl (C=O) groups is 1. The highest BCUT2D eigenvalue weighted by Crippen LogP contribution is 2.09. The molecule has 0 bridgehead atoms. The van der Waals surface area contributed by atoms with Crippen LogP contribution in [0.15, 0.2) is 48.7 Å². The van der Waals surface area contributed by atoms with E-state index in [0.717, 1.165) is 5.69 Å². The molecule has 2 aromatic rings. The summed E-state index contributed by atoms with van der Waals surface area (Å²) in [5.41, 5.74) is 1.97. The van der Waals surface area contributed by atoms with E-state index in [9.17, 15) is 4.79 Å². The molecule has 0 aliphatic rings. The topological polar surface area (TPSA) is 65.8 Å². The number of nitriles is 1. The lowest BCUT2D eigenvalue weighted by Gasteiger charge is -2.04. The predicted octanol–water partition coefficient (Wildman–Crippen LogP) is 2.13. The number of aromatic nitrogens is 1. The van der Waals surface area contributed by atoms with Crippen molar-refractivity contribution in [2.45, 2.75) is 6.42 Å². The van der Waals surface area contributed by atoms with Gasteiger partial charge in [0.15, 0.2) is 0 Å². The Morgan fingerprint density at radius 3 is 2.61 bits per heavy atom. The minimum absolute atomic E-state index is 0.126. The van der Waals surface area contributed by atoms with Crippen LogP contribution in [-0.4, -0.2) is 10.9 Å². The summed E-state index contributed by atoms with van der Waals surface area (Å²) in [6, 6.07) is 14.2. The van der Waals surface area contributed by atoms with E-state index in [0.29, 0.717) is 11.3 Å². The molecule has 0 saturated heterocycles. The summed E-state index contributed by atoms with van der Waals surface area (Å²) in [6.45, 7) is 0. The molecule has 1 aromatic heterocycles. The number of benzene rings is 1. The zero-order valence-electron chi connectivity index (χ0n) is 9.63. The van der Waals surface area contributed by atoms with Crippen molar-refractivity contribution in [2.24, 2.45) is 0 Å². The van der Waals surface area contributed by atoms with E-state index in [2.05, 4.69) is 10.3 Å². The Balaban J connectivity index is 1.97. The second-order valence-electron chi connectivity index (χ2n) is 3.74. The number of anilines is 1. The largest absolute Gasteiger partial charge is 0.326 e. The Labute approximate surface area is 105 Å². The molecule has 88 valence electrons. The van der Waals surface area contributed by atoms with E-state index in [1.165, 1.54) is 0 Å². The number of hydrogen-bond acceptors (Lipinski definition) is 3. The third kappa shape index (κ3) is 3.16. The molecular formula is C14H11N3O. The number of pyridine rings is 1. The van der Waals surface area contributed by atoms with E-state index in [1.807, 2.05) is 18.2 Å². The lowest BCUT2D eigenvalue weighted by atomic mass is 10.2. The van der Waals surface area contributed by atoms with Crippen molar-refractivity contribution < 1.29 is 4.79 Å². The minimum Gasteiger partial charge on any atom is -0.326 e. The molecule has 1 amide bonds. The summed E-state index contributed by atoms with van der Waals surface area (Å²) in [4.78, 5) is 15.8. The molecule has 1 aromatic carbocycles. The highest BCUT2D eigenvalue weighted by Gasteiger charge is 2.04. The van der Waals surface area contributed by atoms with Gasteiger partial charge in [0.25, 0.3) is 0 Å². The highest BCUT2D eigenvalue weighted by molar-refractivity contribution is 5.92. The highest BCUT2D eigenvalue weighted by atomic mass is 16.1. The van der Waals surface area contributed by atoms with Gasteiger partial charge in [0.1, 0.15) is 0 Å². The molecule has 0 aliphatic carbocycles. The van der Waals surface area contributed by atoms with Gasteiger partial charge in [-0.25, -0.2) is 0 Å². The normalized spacial score (nSPS) is 9.50. The first-order valence-corrected chi connectivity index (χ1v) is 5.48. The predicted molar refractivity (Wildman–Crippen MR) is 67.7 cm³/mol. The third-order valence-corrected chi connectivity index (χ3v) is 2.37. The second-order valence-corrected chi connectivity index (χ2v) is 3.74. The van der Waals surface area contributed by atoms with Crippen molar-refractivity contribution in [3.05, 3.63) is 59.9 Å². The maximum Gasteiger partial charge on any atom is 0.230 e. The summed E-state index contributed by atoms with van der Waals surface area (Å²) < 4.78 is 0. The fraction of sp³-hybridized carbons (Fsp3) is 0.0714. The second kappa shape index (κ2) is 5.60. The molecule has 0 atom stereocenters. The van der Waals surface area contributed by atoms with Crippen LogP contribution in [0.4, 0.5) is 5.69 Å². The molecule has 0 spiro atoms. The van der Waals surface area contributed by atoms with E-state index in [1.54, 1.807) is 36.5 Å². The average molecular weight is 237 g/mol. The van der Waals surface area contributed by atoms with Crippen LogP contribution in [0, 0.1) is 11.3 Å². The Hall–Kier alpha value is -2.67. The number of nitrogens with one attached hydrogen (secondary N) is 1. The Kier molecular flexibility index (Phi) is 3.67. The van der Waals surface area contributed by atoms with Gasteiger partial charge in [-0.1, -0.05) is 6.07 Å². The van der Waals surface area contributed by atoms with Crippen LogP contribution in [0.1, 0.15) is 11.3 Å². The van der Waals surface area contributed by atoms with Crippen LogP contribution in [0.5, 0.6) is 0 Å². The van der Waals surface area contributed by atoms with Crippen molar-refractivity contribution in [3.8, 4) is 6.07 Å². The molecule has 1 N–H and O–H groups in total. The molecule has 0 fully saturated rings. The Morgan fingerprint density at radius 2 is 2.00 bits per heavy atom. The zero-order chi connectivity index (χ0) is 12.8. The summed E-state index contributed by atoms with van der Waals surface area (Å²) in [5.74, 6) is -0.126. The van der Waals surface area contributed by atoms with Gasteiger partial charge in [-0.2, -0.15) is 5.26 Å². The maximum absolute atomic E-state index is 11.7. The summed E-state index contributed by atoms with van der Waals surface area (Å²) >= 11 is 0. The fourth-order valence-corrected chi connectivity index (χ4v) is 1.50. The zero-order valence-corrected chi connectivity index (χ0v) is 9.63. The first-order chi connectivity index (χ1) is 8.78. The first kappa shape index (κ1) is 11.8. The molecule has 2 rings (SSSR count). The quantitative estimate of drug-likeness (QED) is 0.889. The fourth-order valence-electron chi connectivity index (χ4n) is 1.50. The lowest BCUT2D eigenvalue weighted by molar-refractivity contribution is -0.115. The van der Waals surface area contributed by atoms with Crippen molar-refractivity contribution >= 4 is 11.6 Å². The van der Waals surface area contributed by atoms with Crippen molar-refractivity contribution in [2.75, 3.05) is 5.32 Å². The van der Waals surface area contributed by atoms with E-state index < -0.39 is 0 Å². The smallest absolute Gasteiger partial charge is 0.230 e. The van der Waals surface area contributed by atoms with Gasteiger partial charge in [0.05, 0.1) is 18.1 Å². The van der Waals surface area contributed by atoms with E-state index in [-0.39, 0.29) is 12.3 Å². The van der Waals surface area contributed by atoms with Crippen molar-refractivity contribution in [1.29, 1.82) is 5.26 Å². The maximum atomic E-state index is 11.7. The summed E-state index contributed by atoms with van der Waals surface area (Å²) in [6.07, 6.45) is 1.89. The minimum atomic E-state index is -0.126. The monoisotopic (exact) mass is 237 g/mol. The number of carbonyl (C=O) groups excluding carboxylic acids is 1. The summed E-state index contributed by atoms with van der Waals surface area (Å²) in [5, 5.41) is 11.4. The molecule has 0 aliphatic heterocycles. The standard InChI is InChI=1S/C14H11N3O/c15-10-11-4-6-12(7-5-11)17-14(18)9-13-3-1-2-8-16-13/h1-8H,9H2,(H,17,18). The van der Waals surface area contributed by atoms with Crippen LogP contribution >= 0.6 is 0 Å². The SMILES string of the molecule is N#Cc1ccc(NC(=O)Cc2ccccn2)cc1. The number of hydrogen-bond donors (Lipinski definition) is 1. The molecule has 1 heterocycles. The molecule has 18 heavy (non-hydrogen) atoms. The van der Waals surface area contributed by atoms with Gasteiger partial charge in [0.2, 0.25) is 5.91 Å². The molecule has 4 heteroatoms. The molecular weight excluding hydrogens is 226 g/mol. The van der Waals surface area contributed by atoms with Crippen molar-refractivity contribution in [1.82, 2.24) is 4.98 Å². The van der Waals surface area contributed by atoms with Gasteiger partial charge in [-0.15, -0.1) is 0 Å². The van der Waals surface area contributed by atoms with E-state index in [4.69, 9.17) is 5.26 Å². The van der Waals surface area contributed by atoms with Crippen LogP contribution < -0.4 is 5.32 Å². The summed E-state index contributed by atoms with van der Waals surface area (Å²) in [7, 11) is 0. The Bertz CT molecular complexity index is 570. The van der Waals surface area contributed by atoms with Gasteiger partial charge in [-0.3, -0.25) is 9.78 Å². The molecule has 0 saturated carbocycles.